The molecule has 410 valence electrons. The first-order valence-electron chi connectivity index (χ1n) is 27.0. The molecule has 18 nitrogen and oxygen atoms in total. The van der Waals surface area contributed by atoms with Crippen molar-refractivity contribution in [2.75, 3.05) is 51.1 Å². The number of carbonyl (C=O) groups is 5. The number of pyridine rings is 2. The first-order chi connectivity index (χ1) is 36.0. The lowest BCUT2D eigenvalue weighted by molar-refractivity contribution is -0.125. The lowest BCUT2D eigenvalue weighted by Gasteiger charge is -2.36. The highest BCUT2D eigenvalue weighted by atomic mass is 16.6. The Hall–Kier alpha value is -6.71. The Morgan fingerprint density at radius 1 is 0.816 bits per heavy atom. The Balaban J connectivity index is 0.000000181. The molecule has 2 saturated heterocycles. The summed E-state index contributed by atoms with van der Waals surface area (Å²) in [4.78, 5) is 78.1. The zero-order chi connectivity index (χ0) is 55.3. The molecule has 0 aromatic carbocycles. The number of carbonyl (C=O) groups excluding carboxylic acids is 5. The number of allylic oxidation sites excluding steroid dienone is 1. The largest absolute Gasteiger partial charge is 0.444 e. The molecule has 4 aromatic rings. The summed E-state index contributed by atoms with van der Waals surface area (Å²) in [6.07, 6.45) is 21.7. The Morgan fingerprint density at radius 2 is 1.47 bits per heavy atom. The van der Waals surface area contributed by atoms with E-state index in [2.05, 4.69) is 75.5 Å². The van der Waals surface area contributed by atoms with Crippen molar-refractivity contribution < 1.29 is 33.4 Å². The zero-order valence-electron chi connectivity index (χ0n) is 46.5. The second kappa shape index (κ2) is 26.4. The SMILES string of the molecule is C#CC(N)=O.C1CCNC1.CC1CCC(n2c3cnccc3c3cnc(Nc4ccc5c(n4)C(C)CNC5)nc32)CC1.CC1CN(C(=O)OC(C)(C)C)CC2=C1CC(=O)C=C2.CC1CN(C(=O)OC(C)(C)C)CCC1=O. The molecule has 0 radical (unpaired) electrons. The van der Waals surface area contributed by atoms with E-state index in [-0.39, 0.29) is 35.6 Å². The average molecular weight is 1040 g/mol. The van der Waals surface area contributed by atoms with E-state index in [0.717, 1.165) is 52.6 Å². The quantitative estimate of drug-likeness (QED) is 0.140. The van der Waals surface area contributed by atoms with E-state index in [1.165, 1.54) is 68.1 Å². The molecule has 4 aliphatic heterocycles. The average Bonchev–Trinajstić information content (AvgIpc) is 4.07. The number of ether oxygens (including phenoxy) is 2. The van der Waals surface area contributed by atoms with Gasteiger partial charge in [-0.2, -0.15) is 4.98 Å². The molecule has 18 heteroatoms. The standard InChI is InChI=1S/C25H29N7.C15H21NO3.C11H19NO3.C4H9N.C3H3NO/c1-15-3-6-18(7-4-15)32-21-14-26-10-9-19(21)20-13-28-25(31-24(20)32)30-22-8-5-17-12-27-11-16(2)23(17)29-22;1-10-8-16(14(18)19-15(2,3)4)9-11-5-6-12(17)7-13(10)11;1-8-7-12(6-5-9(8)13)10(14)15-11(2,3)4;1-2-4-5-3-1;1-2-3(4)5/h5,8-10,13-16,18,27H,3-4,6-7,11-12H2,1-2H3,(H,28,29,30,31);5-6,10H,7-9H2,1-4H3;8H,5-7H2,1-4H3;5H,1-4H2;1H,(H2,4,5). The Morgan fingerprint density at radius 3 is 2.09 bits per heavy atom. The van der Waals surface area contributed by atoms with Gasteiger partial charge in [-0.15, -0.1) is 6.42 Å². The molecular weight excluding hydrogens is 963 g/mol. The fraction of sp³-hybridized carbons (Fsp3) is 0.569. The van der Waals surface area contributed by atoms with Crippen molar-refractivity contribution >= 4 is 63.4 Å². The highest BCUT2D eigenvalue weighted by Gasteiger charge is 2.33. The van der Waals surface area contributed by atoms with E-state index in [9.17, 15) is 24.0 Å². The molecule has 3 amide bonds. The van der Waals surface area contributed by atoms with Crippen LogP contribution in [0.1, 0.15) is 144 Å². The number of ketones is 2. The van der Waals surface area contributed by atoms with Crippen molar-refractivity contribution in [2.24, 2.45) is 23.5 Å². The topological polar surface area (TPSA) is 229 Å². The lowest BCUT2D eigenvalue weighted by atomic mass is 9.84. The molecule has 5 N–H and O–H groups in total. The third-order valence-corrected chi connectivity index (χ3v) is 14.0. The number of nitrogens with one attached hydrogen (secondary N) is 3. The summed E-state index contributed by atoms with van der Waals surface area (Å²) in [6.45, 7) is 26.0. The van der Waals surface area contributed by atoms with Gasteiger partial charge < -0.3 is 45.5 Å². The lowest BCUT2D eigenvalue weighted by Crippen LogP contribution is -2.45. The van der Waals surface area contributed by atoms with Crippen LogP contribution in [0.15, 0.2) is 60.1 Å². The van der Waals surface area contributed by atoms with Gasteiger partial charge in [0, 0.05) is 93.2 Å². The molecule has 4 aromatic heterocycles. The van der Waals surface area contributed by atoms with Gasteiger partial charge in [0.05, 0.1) is 17.4 Å². The van der Waals surface area contributed by atoms with Crippen LogP contribution in [0, 0.1) is 30.1 Å². The summed E-state index contributed by atoms with van der Waals surface area (Å²) < 4.78 is 13.0. The molecule has 3 atom stereocenters. The second-order valence-electron chi connectivity index (χ2n) is 22.8. The number of amides is 3. The van der Waals surface area contributed by atoms with Gasteiger partial charge in [0.15, 0.2) is 5.78 Å². The number of hydrogen-bond donors (Lipinski definition) is 4. The number of terminal acetylenes is 1. The maximum atomic E-state index is 12.1. The predicted octanol–water partition coefficient (Wildman–Crippen LogP) is 9.08. The summed E-state index contributed by atoms with van der Waals surface area (Å²) in [5.74, 6) is 4.07. The second-order valence-corrected chi connectivity index (χ2v) is 22.8. The van der Waals surface area contributed by atoms with Gasteiger partial charge in [0.2, 0.25) is 5.95 Å². The van der Waals surface area contributed by atoms with Crippen LogP contribution in [-0.4, -0.2) is 121 Å². The van der Waals surface area contributed by atoms with Gasteiger partial charge in [-0.05, 0) is 140 Å². The van der Waals surface area contributed by atoms with Gasteiger partial charge in [-0.1, -0.05) is 45.4 Å². The number of piperidine rings is 1. The third kappa shape index (κ3) is 16.6. The zero-order valence-corrected chi connectivity index (χ0v) is 46.5. The number of aromatic nitrogens is 5. The van der Waals surface area contributed by atoms with Crippen molar-refractivity contribution in [1.82, 2.24) is 44.9 Å². The number of hydrogen-bond acceptors (Lipinski definition) is 14. The molecular formula is C58H81N11O7. The fourth-order valence-corrected chi connectivity index (χ4v) is 10.00. The van der Waals surface area contributed by atoms with E-state index in [1.54, 1.807) is 21.8 Å². The number of nitrogens with zero attached hydrogens (tertiary/aromatic N) is 7. The summed E-state index contributed by atoms with van der Waals surface area (Å²) in [6, 6.07) is 6.70. The van der Waals surface area contributed by atoms with Gasteiger partial charge in [0.1, 0.15) is 28.5 Å². The van der Waals surface area contributed by atoms with Gasteiger partial charge in [-0.25, -0.2) is 19.6 Å². The number of anilines is 2. The molecule has 0 spiro atoms. The van der Waals surface area contributed by atoms with E-state index in [0.29, 0.717) is 56.9 Å². The highest BCUT2D eigenvalue weighted by Crippen LogP contribution is 2.39. The maximum Gasteiger partial charge on any atom is 0.410 e. The minimum Gasteiger partial charge on any atom is -0.444 e. The highest BCUT2D eigenvalue weighted by molar-refractivity contribution is 6.06. The maximum absolute atomic E-state index is 12.1. The Bertz CT molecular complexity index is 2800. The normalized spacial score (nSPS) is 22.1. The minimum atomic E-state index is -0.718. The Kier molecular flexibility index (Phi) is 20.3. The summed E-state index contributed by atoms with van der Waals surface area (Å²) in [7, 11) is 0. The van der Waals surface area contributed by atoms with Crippen LogP contribution in [0.4, 0.5) is 21.4 Å². The van der Waals surface area contributed by atoms with Crippen LogP contribution in [0.5, 0.6) is 0 Å². The summed E-state index contributed by atoms with van der Waals surface area (Å²) in [5.41, 5.74) is 10.3. The molecule has 3 fully saturated rings. The monoisotopic (exact) mass is 1040 g/mol. The molecule has 76 heavy (non-hydrogen) atoms. The molecule has 10 rings (SSSR count). The molecule has 2 aliphatic carbocycles. The van der Waals surface area contributed by atoms with E-state index < -0.39 is 17.1 Å². The smallest absolute Gasteiger partial charge is 0.410 e. The predicted molar refractivity (Wildman–Crippen MR) is 297 cm³/mol. The van der Waals surface area contributed by atoms with Crippen LogP contribution >= 0.6 is 0 Å². The van der Waals surface area contributed by atoms with E-state index in [1.807, 2.05) is 79.2 Å². The van der Waals surface area contributed by atoms with Crippen LogP contribution < -0.4 is 21.7 Å². The molecule has 3 unspecified atom stereocenters. The van der Waals surface area contributed by atoms with Crippen LogP contribution in [0.2, 0.25) is 0 Å². The minimum absolute atomic E-state index is 0.0636. The van der Waals surface area contributed by atoms with Gasteiger partial charge in [-0.3, -0.25) is 19.4 Å². The van der Waals surface area contributed by atoms with Crippen molar-refractivity contribution in [3.63, 3.8) is 0 Å². The molecule has 0 bridgehead atoms. The molecule has 6 aliphatic rings. The van der Waals surface area contributed by atoms with Gasteiger partial charge in [0.25, 0.3) is 5.91 Å². The third-order valence-electron chi connectivity index (χ3n) is 14.0. The van der Waals surface area contributed by atoms with Crippen molar-refractivity contribution in [2.45, 2.75) is 150 Å². The van der Waals surface area contributed by atoms with Crippen molar-refractivity contribution in [1.29, 1.82) is 0 Å². The van der Waals surface area contributed by atoms with E-state index in [4.69, 9.17) is 19.4 Å². The Labute approximate surface area is 448 Å². The summed E-state index contributed by atoms with van der Waals surface area (Å²) >= 11 is 0. The van der Waals surface area contributed by atoms with Gasteiger partial charge >= 0.3 is 12.2 Å². The number of fused-ring (bicyclic) bond motifs is 4. The van der Waals surface area contributed by atoms with E-state index >= 15 is 0 Å². The molecule has 8 heterocycles. The first kappa shape index (κ1) is 58.5. The fourth-order valence-electron chi connectivity index (χ4n) is 10.00. The van der Waals surface area contributed by atoms with Crippen LogP contribution in [0.25, 0.3) is 21.9 Å². The van der Waals surface area contributed by atoms with Crippen molar-refractivity contribution in [3.8, 4) is 12.3 Å². The number of nitrogens with two attached hydrogens (primary N) is 1. The number of likely N-dealkylation sites (tertiary alicyclic amines) is 1. The van der Waals surface area contributed by atoms with Crippen LogP contribution in [0.3, 0.4) is 0 Å². The number of Topliss-reactive ketones (excluding diaryl/α,β-unsaturated/α-hetero) is 1. The van der Waals surface area contributed by atoms with Crippen molar-refractivity contribution in [3.05, 3.63) is 71.3 Å². The first-order valence-corrected chi connectivity index (χ1v) is 27.0. The number of primary amides is 1. The summed E-state index contributed by atoms with van der Waals surface area (Å²) in [5, 5.41) is 12.3. The molecule has 1 saturated carbocycles. The van der Waals surface area contributed by atoms with Crippen LogP contribution in [-0.2, 0) is 30.4 Å². The number of rotatable bonds is 3.